The first-order valence-corrected chi connectivity index (χ1v) is 11.3. The maximum atomic E-state index is 12.4. The molecule has 0 aliphatic heterocycles. The van der Waals surface area contributed by atoms with Crippen molar-refractivity contribution in [1.29, 1.82) is 0 Å². The molecule has 3 aromatic carbocycles. The summed E-state index contributed by atoms with van der Waals surface area (Å²) in [5, 5.41) is 5.04. The number of halogens is 1. The van der Waals surface area contributed by atoms with Gasteiger partial charge in [0.15, 0.2) is 0 Å². The molecule has 0 unspecified atom stereocenters. The number of nitrogens with zero attached hydrogens (tertiary/aromatic N) is 1. The molecule has 0 aliphatic carbocycles. The van der Waals surface area contributed by atoms with Gasteiger partial charge in [-0.3, -0.25) is 4.79 Å². The third-order valence-corrected chi connectivity index (χ3v) is 6.51. The zero-order valence-electron chi connectivity index (χ0n) is 16.8. The summed E-state index contributed by atoms with van der Waals surface area (Å²) < 4.78 is 2.21. The summed E-state index contributed by atoms with van der Waals surface area (Å²) >= 11 is 8.10. The van der Waals surface area contributed by atoms with E-state index in [1.165, 1.54) is 15.8 Å². The summed E-state index contributed by atoms with van der Waals surface area (Å²) in [7, 11) is 0. The third-order valence-electron chi connectivity index (χ3n) is 5.05. The van der Waals surface area contributed by atoms with Gasteiger partial charge in [0.05, 0.1) is 0 Å². The number of fused-ring (bicyclic) bond motifs is 1. The Labute approximate surface area is 186 Å². The predicted octanol–water partition coefficient (Wildman–Crippen LogP) is 6.33. The van der Waals surface area contributed by atoms with E-state index in [0.717, 1.165) is 21.9 Å². The van der Waals surface area contributed by atoms with Crippen LogP contribution in [0.3, 0.4) is 0 Å². The molecule has 1 aromatic heterocycles. The molecule has 4 rings (SSSR count). The van der Waals surface area contributed by atoms with Crippen LogP contribution in [0.1, 0.15) is 21.5 Å². The lowest BCUT2D eigenvalue weighted by atomic mass is 10.1. The van der Waals surface area contributed by atoms with Gasteiger partial charge >= 0.3 is 0 Å². The van der Waals surface area contributed by atoms with Gasteiger partial charge in [-0.2, -0.15) is 0 Å². The molecule has 0 bridgehead atoms. The Morgan fingerprint density at radius 2 is 1.73 bits per heavy atom. The Morgan fingerprint density at radius 3 is 2.53 bits per heavy atom. The molecule has 1 heterocycles. The first kappa shape index (κ1) is 20.6. The fourth-order valence-electron chi connectivity index (χ4n) is 3.38. The van der Waals surface area contributed by atoms with Crippen molar-refractivity contribution in [3.63, 3.8) is 0 Å². The lowest BCUT2D eigenvalue weighted by molar-refractivity contribution is 0.0952. The Kier molecular flexibility index (Phi) is 6.46. The highest BCUT2D eigenvalue weighted by Crippen LogP contribution is 2.33. The van der Waals surface area contributed by atoms with Crippen LogP contribution in [0, 0.1) is 6.92 Å². The standard InChI is InChI=1S/C25H23ClN2OS/c1-18-10-12-19(13-11-18)25(29)27-14-15-28-16-24(21-7-3-5-9-23(21)28)30-17-20-6-2-4-8-22(20)26/h2-13,16H,14-15,17H2,1H3,(H,27,29). The van der Waals surface area contributed by atoms with E-state index in [0.29, 0.717) is 18.7 Å². The molecule has 152 valence electrons. The average molecular weight is 435 g/mol. The van der Waals surface area contributed by atoms with Gasteiger partial charge in [0.1, 0.15) is 0 Å². The van der Waals surface area contributed by atoms with Crippen molar-refractivity contribution in [1.82, 2.24) is 9.88 Å². The number of carbonyl (C=O) groups excluding carboxylic acids is 1. The number of hydrogen-bond acceptors (Lipinski definition) is 2. The van der Waals surface area contributed by atoms with Gasteiger partial charge in [-0.15, -0.1) is 11.8 Å². The molecule has 0 fully saturated rings. The van der Waals surface area contributed by atoms with Gasteiger partial charge in [0.2, 0.25) is 0 Å². The number of aromatic nitrogens is 1. The Hall–Kier alpha value is -2.69. The summed E-state index contributed by atoms with van der Waals surface area (Å²) in [5.74, 6) is 0.775. The monoisotopic (exact) mass is 434 g/mol. The minimum Gasteiger partial charge on any atom is -0.350 e. The Balaban J connectivity index is 1.44. The zero-order valence-corrected chi connectivity index (χ0v) is 18.3. The van der Waals surface area contributed by atoms with Crippen molar-refractivity contribution in [2.45, 2.75) is 24.1 Å². The highest BCUT2D eigenvalue weighted by molar-refractivity contribution is 7.98. The first-order valence-electron chi connectivity index (χ1n) is 9.91. The molecule has 4 aromatic rings. The molecule has 0 aliphatic rings. The summed E-state index contributed by atoms with van der Waals surface area (Å²) in [6.45, 7) is 3.30. The maximum Gasteiger partial charge on any atom is 0.251 e. The predicted molar refractivity (Wildman–Crippen MR) is 126 cm³/mol. The molecule has 1 amide bonds. The van der Waals surface area contributed by atoms with E-state index in [1.807, 2.05) is 55.5 Å². The number of carbonyl (C=O) groups is 1. The Morgan fingerprint density at radius 1 is 1.00 bits per heavy atom. The largest absolute Gasteiger partial charge is 0.350 e. The number of nitrogens with one attached hydrogen (secondary N) is 1. The van der Waals surface area contributed by atoms with Crippen molar-refractivity contribution >= 4 is 40.2 Å². The molecule has 5 heteroatoms. The van der Waals surface area contributed by atoms with Crippen molar-refractivity contribution in [2.75, 3.05) is 6.54 Å². The van der Waals surface area contributed by atoms with Gasteiger partial charge in [0, 0.05) is 51.4 Å². The van der Waals surface area contributed by atoms with Gasteiger partial charge in [-0.05, 0) is 36.8 Å². The van der Waals surface area contributed by atoms with Gasteiger partial charge in [-0.1, -0.05) is 65.7 Å². The zero-order chi connectivity index (χ0) is 20.9. The van der Waals surface area contributed by atoms with E-state index in [-0.39, 0.29) is 5.91 Å². The minimum absolute atomic E-state index is 0.0419. The van der Waals surface area contributed by atoms with Gasteiger partial charge in [-0.25, -0.2) is 0 Å². The number of hydrogen-bond donors (Lipinski definition) is 1. The average Bonchev–Trinajstić information content (AvgIpc) is 3.11. The molecular formula is C25H23ClN2OS. The SMILES string of the molecule is Cc1ccc(C(=O)NCCn2cc(SCc3ccccc3Cl)c3ccccc32)cc1. The lowest BCUT2D eigenvalue weighted by Crippen LogP contribution is -2.27. The van der Waals surface area contributed by atoms with Crippen LogP contribution in [0.4, 0.5) is 0 Å². The second kappa shape index (κ2) is 9.41. The van der Waals surface area contributed by atoms with Crippen molar-refractivity contribution < 1.29 is 4.79 Å². The smallest absolute Gasteiger partial charge is 0.251 e. The molecule has 30 heavy (non-hydrogen) atoms. The molecule has 0 saturated heterocycles. The van der Waals surface area contributed by atoms with Crippen LogP contribution in [0.5, 0.6) is 0 Å². The van der Waals surface area contributed by atoms with E-state index in [4.69, 9.17) is 11.6 Å². The van der Waals surface area contributed by atoms with E-state index in [2.05, 4.69) is 40.3 Å². The van der Waals surface area contributed by atoms with Crippen molar-refractivity contribution in [3.05, 3.63) is 101 Å². The number of thioether (sulfide) groups is 1. The summed E-state index contributed by atoms with van der Waals surface area (Å²) in [5.41, 5.74) is 4.14. The molecule has 3 nitrogen and oxygen atoms in total. The van der Waals surface area contributed by atoms with Crippen LogP contribution in [0.15, 0.2) is 83.9 Å². The molecule has 0 radical (unpaired) electrons. The van der Waals surface area contributed by atoms with Crippen molar-refractivity contribution in [3.8, 4) is 0 Å². The molecule has 0 saturated carbocycles. The van der Waals surface area contributed by atoms with Crippen LogP contribution in [-0.4, -0.2) is 17.0 Å². The van der Waals surface area contributed by atoms with Crippen LogP contribution in [0.2, 0.25) is 5.02 Å². The van der Waals surface area contributed by atoms with Crippen LogP contribution >= 0.6 is 23.4 Å². The van der Waals surface area contributed by atoms with E-state index in [1.54, 1.807) is 11.8 Å². The second-order valence-electron chi connectivity index (χ2n) is 7.21. The van der Waals surface area contributed by atoms with Crippen molar-refractivity contribution in [2.24, 2.45) is 0 Å². The topological polar surface area (TPSA) is 34.0 Å². The molecular weight excluding hydrogens is 412 g/mol. The summed E-state index contributed by atoms with van der Waals surface area (Å²) in [6, 6.07) is 24.0. The maximum absolute atomic E-state index is 12.4. The number of benzene rings is 3. The molecule has 1 N–H and O–H groups in total. The number of para-hydroxylation sites is 1. The third kappa shape index (κ3) is 4.72. The number of amides is 1. The van der Waals surface area contributed by atoms with Crippen LogP contribution in [0.25, 0.3) is 10.9 Å². The highest BCUT2D eigenvalue weighted by atomic mass is 35.5. The summed E-state index contributed by atoms with van der Waals surface area (Å²) in [6.07, 6.45) is 2.17. The van der Waals surface area contributed by atoms with Gasteiger partial charge in [0.25, 0.3) is 5.91 Å². The Bertz CT molecular complexity index is 1170. The first-order chi connectivity index (χ1) is 14.6. The second-order valence-corrected chi connectivity index (χ2v) is 8.63. The van der Waals surface area contributed by atoms with Gasteiger partial charge < -0.3 is 9.88 Å². The number of aryl methyl sites for hydroxylation is 1. The highest BCUT2D eigenvalue weighted by Gasteiger charge is 2.10. The molecule has 0 spiro atoms. The van der Waals surface area contributed by atoms with Crippen LogP contribution in [-0.2, 0) is 12.3 Å². The van der Waals surface area contributed by atoms with Crippen LogP contribution < -0.4 is 5.32 Å². The fraction of sp³-hybridized carbons (Fsp3) is 0.160. The van der Waals surface area contributed by atoms with E-state index in [9.17, 15) is 4.79 Å². The minimum atomic E-state index is -0.0419. The number of rotatable bonds is 7. The van der Waals surface area contributed by atoms with E-state index < -0.39 is 0 Å². The lowest BCUT2D eigenvalue weighted by Gasteiger charge is -2.08. The quantitative estimate of drug-likeness (QED) is 0.345. The normalized spacial score (nSPS) is 11.0. The molecule has 0 atom stereocenters. The fourth-order valence-corrected chi connectivity index (χ4v) is 4.76. The van der Waals surface area contributed by atoms with E-state index >= 15 is 0 Å². The summed E-state index contributed by atoms with van der Waals surface area (Å²) in [4.78, 5) is 13.6.